The van der Waals surface area contributed by atoms with E-state index in [1.807, 2.05) is 30.3 Å². The molecule has 0 aliphatic rings. The number of nitro groups is 2. The third-order valence-electron chi connectivity index (χ3n) is 4.07. The molecule has 10 nitrogen and oxygen atoms in total. The molecule has 0 saturated carbocycles. The molecule has 0 heterocycles. The molecule has 3 rings (SSSR count). The Labute approximate surface area is 186 Å². The zero-order chi connectivity index (χ0) is 22.9. The third-order valence-corrected chi connectivity index (χ3v) is 4.93. The second-order valence-corrected chi connectivity index (χ2v) is 7.26. The van der Waals surface area contributed by atoms with Crippen molar-refractivity contribution in [1.82, 2.24) is 0 Å². The molecular weight excluding hydrogens is 434 g/mol. The molecule has 0 unspecified atom stereocenters. The standard InChI is InChI=1S/C21H17N5O5S/c22-21(32-14-15-6-2-1-3-7-15)24-23-13-16-8-4-5-9-19(16)31-20-11-10-17(25(27)28)12-18(20)26(29)30/h1-13H,14H2,(H2,22,24). The van der Waals surface area contributed by atoms with Gasteiger partial charge in [-0.15, -0.1) is 5.10 Å². The Morgan fingerprint density at radius 2 is 1.69 bits per heavy atom. The number of non-ortho nitro benzene ring substituents is 1. The van der Waals surface area contributed by atoms with E-state index in [0.717, 1.165) is 17.7 Å². The maximum absolute atomic E-state index is 11.3. The Bertz CT molecular complexity index is 1180. The van der Waals surface area contributed by atoms with Crippen molar-refractivity contribution in [2.75, 3.05) is 0 Å². The van der Waals surface area contributed by atoms with Crippen molar-refractivity contribution in [3.63, 3.8) is 0 Å². The van der Waals surface area contributed by atoms with E-state index >= 15 is 0 Å². The van der Waals surface area contributed by atoms with Crippen molar-refractivity contribution in [1.29, 1.82) is 0 Å². The van der Waals surface area contributed by atoms with Gasteiger partial charge in [0.2, 0.25) is 5.75 Å². The van der Waals surface area contributed by atoms with Crippen LogP contribution in [0.1, 0.15) is 11.1 Å². The molecule has 0 bridgehead atoms. The summed E-state index contributed by atoms with van der Waals surface area (Å²) in [4.78, 5) is 20.8. The number of nitrogens with zero attached hydrogens (tertiary/aromatic N) is 4. The molecule has 0 aliphatic carbocycles. The van der Waals surface area contributed by atoms with E-state index < -0.39 is 21.2 Å². The van der Waals surface area contributed by atoms with Crippen LogP contribution in [-0.2, 0) is 5.75 Å². The van der Waals surface area contributed by atoms with Crippen molar-refractivity contribution >= 4 is 34.5 Å². The molecule has 0 saturated heterocycles. The second kappa shape index (κ2) is 10.7. The van der Waals surface area contributed by atoms with Crippen LogP contribution in [-0.4, -0.2) is 21.2 Å². The van der Waals surface area contributed by atoms with E-state index in [1.54, 1.807) is 24.3 Å². The van der Waals surface area contributed by atoms with Crippen LogP contribution in [0.2, 0.25) is 0 Å². The van der Waals surface area contributed by atoms with Gasteiger partial charge in [-0.3, -0.25) is 20.2 Å². The summed E-state index contributed by atoms with van der Waals surface area (Å²) in [7, 11) is 0. The first kappa shape index (κ1) is 22.4. The molecule has 2 N–H and O–H groups in total. The number of hydrogen-bond donors (Lipinski definition) is 1. The molecule has 32 heavy (non-hydrogen) atoms. The Balaban J connectivity index is 1.75. The summed E-state index contributed by atoms with van der Waals surface area (Å²) >= 11 is 1.33. The number of benzene rings is 3. The van der Waals surface area contributed by atoms with Crippen molar-refractivity contribution in [2.24, 2.45) is 15.9 Å². The van der Waals surface area contributed by atoms with E-state index in [0.29, 0.717) is 11.3 Å². The Morgan fingerprint density at radius 1 is 0.969 bits per heavy atom. The van der Waals surface area contributed by atoms with Crippen LogP contribution in [0.5, 0.6) is 11.5 Å². The van der Waals surface area contributed by atoms with E-state index in [4.69, 9.17) is 10.5 Å². The normalized spacial score (nSPS) is 11.4. The molecule has 3 aromatic carbocycles. The molecule has 0 fully saturated rings. The average Bonchev–Trinajstić information content (AvgIpc) is 2.79. The summed E-state index contributed by atoms with van der Waals surface area (Å²) in [6.07, 6.45) is 1.41. The summed E-state index contributed by atoms with van der Waals surface area (Å²) < 4.78 is 5.66. The maximum atomic E-state index is 11.3. The van der Waals surface area contributed by atoms with Gasteiger partial charge in [0, 0.05) is 17.4 Å². The zero-order valence-electron chi connectivity index (χ0n) is 16.5. The fourth-order valence-corrected chi connectivity index (χ4v) is 3.17. The highest BCUT2D eigenvalue weighted by Gasteiger charge is 2.21. The van der Waals surface area contributed by atoms with Gasteiger partial charge in [-0.1, -0.05) is 54.2 Å². The van der Waals surface area contributed by atoms with Gasteiger partial charge in [-0.2, -0.15) is 5.10 Å². The monoisotopic (exact) mass is 451 g/mol. The third kappa shape index (κ3) is 6.12. The number of hydrogen-bond acceptors (Lipinski definition) is 8. The van der Waals surface area contributed by atoms with Crippen molar-refractivity contribution < 1.29 is 14.6 Å². The van der Waals surface area contributed by atoms with Gasteiger partial charge in [0.1, 0.15) is 5.75 Å². The van der Waals surface area contributed by atoms with Gasteiger partial charge in [-0.05, 0) is 23.8 Å². The van der Waals surface area contributed by atoms with E-state index in [1.165, 1.54) is 24.0 Å². The minimum Gasteiger partial charge on any atom is -0.449 e. The van der Waals surface area contributed by atoms with Crippen LogP contribution in [0.25, 0.3) is 0 Å². The Kier molecular flexibility index (Phi) is 7.49. The van der Waals surface area contributed by atoms with Crippen LogP contribution >= 0.6 is 11.8 Å². The minimum atomic E-state index is -0.742. The summed E-state index contributed by atoms with van der Waals surface area (Å²) in [5.41, 5.74) is 6.54. The molecule has 0 aliphatic heterocycles. The maximum Gasteiger partial charge on any atom is 0.318 e. The van der Waals surface area contributed by atoms with Crippen LogP contribution in [0, 0.1) is 20.2 Å². The largest absolute Gasteiger partial charge is 0.449 e. The first-order valence-electron chi connectivity index (χ1n) is 9.17. The number of thioether (sulfide) groups is 1. The number of ether oxygens (including phenoxy) is 1. The lowest BCUT2D eigenvalue weighted by atomic mass is 10.2. The molecule has 162 valence electrons. The van der Waals surface area contributed by atoms with Crippen molar-refractivity contribution in [3.8, 4) is 11.5 Å². The SMILES string of the molecule is NC(=NN=Cc1ccccc1Oc1ccc([N+](=O)[O-])cc1[N+](=O)[O-])SCc1ccccc1. The second-order valence-electron chi connectivity index (χ2n) is 6.26. The lowest BCUT2D eigenvalue weighted by Gasteiger charge is -2.08. The Morgan fingerprint density at radius 3 is 2.41 bits per heavy atom. The lowest BCUT2D eigenvalue weighted by molar-refractivity contribution is -0.394. The number of nitrogens with two attached hydrogens (primary N) is 1. The van der Waals surface area contributed by atoms with Gasteiger partial charge in [-0.25, -0.2) is 0 Å². The minimum absolute atomic E-state index is 0.136. The quantitative estimate of drug-likeness (QED) is 0.222. The Hall–Kier alpha value is -4.25. The predicted octanol–water partition coefficient (Wildman–Crippen LogP) is 4.88. The van der Waals surface area contributed by atoms with Gasteiger partial charge in [0.15, 0.2) is 5.17 Å². The molecule has 0 aromatic heterocycles. The molecule has 11 heteroatoms. The topological polar surface area (TPSA) is 146 Å². The summed E-state index contributed by atoms with van der Waals surface area (Å²) in [5, 5.41) is 30.4. The summed E-state index contributed by atoms with van der Waals surface area (Å²) in [6, 6.07) is 19.6. The van der Waals surface area contributed by atoms with Crippen LogP contribution < -0.4 is 10.5 Å². The van der Waals surface area contributed by atoms with Crippen molar-refractivity contribution in [2.45, 2.75) is 5.75 Å². The predicted molar refractivity (Wildman–Crippen MR) is 123 cm³/mol. The number of para-hydroxylation sites is 1. The highest BCUT2D eigenvalue weighted by atomic mass is 32.2. The van der Waals surface area contributed by atoms with Crippen LogP contribution in [0.4, 0.5) is 11.4 Å². The highest BCUT2D eigenvalue weighted by molar-refractivity contribution is 8.13. The van der Waals surface area contributed by atoms with Gasteiger partial charge in [0.05, 0.1) is 22.1 Å². The van der Waals surface area contributed by atoms with E-state index in [-0.39, 0.29) is 16.7 Å². The van der Waals surface area contributed by atoms with Crippen LogP contribution in [0.15, 0.2) is 83.0 Å². The number of nitro benzene ring substituents is 2. The molecule has 0 amide bonds. The molecule has 0 radical (unpaired) electrons. The van der Waals surface area contributed by atoms with E-state index in [9.17, 15) is 20.2 Å². The molecular formula is C21H17N5O5S. The van der Waals surface area contributed by atoms with Crippen molar-refractivity contribution in [3.05, 3.63) is 104 Å². The average molecular weight is 451 g/mol. The fourth-order valence-electron chi connectivity index (χ4n) is 2.56. The van der Waals surface area contributed by atoms with Crippen LogP contribution in [0.3, 0.4) is 0 Å². The molecule has 3 aromatic rings. The molecule has 0 spiro atoms. The number of amidine groups is 1. The summed E-state index contributed by atoms with van der Waals surface area (Å²) in [5.74, 6) is 0.775. The molecule has 0 atom stereocenters. The summed E-state index contributed by atoms with van der Waals surface area (Å²) in [6.45, 7) is 0. The van der Waals surface area contributed by atoms with Gasteiger partial charge >= 0.3 is 5.69 Å². The first-order chi connectivity index (χ1) is 15.4. The van der Waals surface area contributed by atoms with E-state index in [2.05, 4.69) is 10.2 Å². The highest BCUT2D eigenvalue weighted by Crippen LogP contribution is 2.35. The van der Waals surface area contributed by atoms with Gasteiger partial charge < -0.3 is 10.5 Å². The smallest absolute Gasteiger partial charge is 0.318 e. The fraction of sp³-hybridized carbons (Fsp3) is 0.0476. The zero-order valence-corrected chi connectivity index (χ0v) is 17.3. The van der Waals surface area contributed by atoms with Gasteiger partial charge in [0.25, 0.3) is 5.69 Å². The first-order valence-corrected chi connectivity index (χ1v) is 10.2. The lowest BCUT2D eigenvalue weighted by Crippen LogP contribution is -2.06. The number of rotatable bonds is 8.